The van der Waals surface area contributed by atoms with Gasteiger partial charge in [-0.25, -0.2) is 0 Å². The van der Waals surface area contributed by atoms with Crippen LogP contribution >= 0.6 is 0 Å². The van der Waals surface area contributed by atoms with Crippen molar-refractivity contribution in [3.63, 3.8) is 0 Å². The van der Waals surface area contributed by atoms with Crippen LogP contribution < -0.4 is 10.6 Å². The van der Waals surface area contributed by atoms with Crippen LogP contribution in [0.2, 0.25) is 0 Å². The van der Waals surface area contributed by atoms with Crippen LogP contribution in [0.3, 0.4) is 0 Å². The first-order valence-electron chi connectivity index (χ1n) is 5.73. The van der Waals surface area contributed by atoms with Gasteiger partial charge in [-0.05, 0) is 33.2 Å². The maximum absolute atomic E-state index is 11.9. The summed E-state index contributed by atoms with van der Waals surface area (Å²) >= 11 is 0. The molecule has 0 aromatic carbocycles. The predicted molar refractivity (Wildman–Crippen MR) is 57.6 cm³/mol. The smallest absolute Gasteiger partial charge is 0.226 e. The van der Waals surface area contributed by atoms with Crippen molar-refractivity contribution < 1.29 is 9.53 Å². The standard InChI is InChI=1S/C11H20N2O2/c1-8-5-9(6-15-8)10(14)13-11(2)3-4-12-7-11/h8-9,12H,3-7H2,1-2H3,(H,13,14). The molecule has 0 aliphatic carbocycles. The van der Waals surface area contributed by atoms with Gasteiger partial charge in [0.2, 0.25) is 5.91 Å². The van der Waals surface area contributed by atoms with Crippen LogP contribution in [0.15, 0.2) is 0 Å². The van der Waals surface area contributed by atoms with Crippen LogP contribution in [0.1, 0.15) is 26.7 Å². The zero-order chi connectivity index (χ0) is 10.9. The van der Waals surface area contributed by atoms with Crippen molar-refractivity contribution >= 4 is 5.91 Å². The summed E-state index contributed by atoms with van der Waals surface area (Å²) in [6.45, 7) is 6.57. The Bertz CT molecular complexity index is 249. The second-order valence-corrected chi connectivity index (χ2v) is 5.05. The number of nitrogens with one attached hydrogen (secondary N) is 2. The molecule has 86 valence electrons. The molecule has 2 N–H and O–H groups in total. The lowest BCUT2D eigenvalue weighted by molar-refractivity contribution is -0.126. The molecule has 3 atom stereocenters. The van der Waals surface area contributed by atoms with Gasteiger partial charge < -0.3 is 15.4 Å². The molecule has 15 heavy (non-hydrogen) atoms. The summed E-state index contributed by atoms with van der Waals surface area (Å²) in [5, 5.41) is 6.41. The van der Waals surface area contributed by atoms with Gasteiger partial charge in [-0.1, -0.05) is 0 Å². The number of carbonyl (C=O) groups excluding carboxylic acids is 1. The van der Waals surface area contributed by atoms with Crippen molar-refractivity contribution in [1.29, 1.82) is 0 Å². The molecule has 2 aliphatic heterocycles. The summed E-state index contributed by atoms with van der Waals surface area (Å²) in [6.07, 6.45) is 2.10. The summed E-state index contributed by atoms with van der Waals surface area (Å²) < 4.78 is 5.41. The van der Waals surface area contributed by atoms with Crippen LogP contribution in [-0.2, 0) is 9.53 Å². The zero-order valence-electron chi connectivity index (χ0n) is 9.51. The summed E-state index contributed by atoms with van der Waals surface area (Å²) in [7, 11) is 0. The van der Waals surface area contributed by atoms with Gasteiger partial charge in [0, 0.05) is 6.54 Å². The fourth-order valence-corrected chi connectivity index (χ4v) is 2.32. The summed E-state index contributed by atoms with van der Waals surface area (Å²) in [5.74, 6) is 0.211. The molecule has 2 fully saturated rings. The molecule has 2 rings (SSSR count). The molecule has 2 heterocycles. The van der Waals surface area contributed by atoms with Crippen molar-refractivity contribution in [3.8, 4) is 0 Å². The third-order valence-corrected chi connectivity index (χ3v) is 3.36. The Labute approximate surface area is 90.8 Å². The van der Waals surface area contributed by atoms with Gasteiger partial charge >= 0.3 is 0 Å². The molecule has 2 aliphatic rings. The quantitative estimate of drug-likeness (QED) is 0.691. The van der Waals surface area contributed by atoms with E-state index in [1.165, 1.54) is 0 Å². The molecular weight excluding hydrogens is 192 g/mol. The molecule has 2 saturated heterocycles. The number of hydrogen-bond acceptors (Lipinski definition) is 3. The van der Waals surface area contributed by atoms with Crippen molar-refractivity contribution in [3.05, 3.63) is 0 Å². The molecule has 4 heteroatoms. The molecule has 1 amide bonds. The maximum atomic E-state index is 11.9. The minimum atomic E-state index is -0.0527. The van der Waals surface area contributed by atoms with Gasteiger partial charge in [-0.3, -0.25) is 4.79 Å². The second kappa shape index (κ2) is 4.10. The highest BCUT2D eigenvalue weighted by Crippen LogP contribution is 2.21. The lowest BCUT2D eigenvalue weighted by atomic mass is 9.98. The largest absolute Gasteiger partial charge is 0.378 e. The summed E-state index contributed by atoms with van der Waals surface area (Å²) in [4.78, 5) is 11.9. The van der Waals surface area contributed by atoms with E-state index < -0.39 is 0 Å². The van der Waals surface area contributed by atoms with Gasteiger partial charge in [0.15, 0.2) is 0 Å². The third-order valence-electron chi connectivity index (χ3n) is 3.36. The number of ether oxygens (including phenoxy) is 1. The van der Waals surface area contributed by atoms with Crippen LogP contribution in [0.5, 0.6) is 0 Å². The Morgan fingerprint density at radius 2 is 2.40 bits per heavy atom. The molecule has 0 saturated carbocycles. The fraction of sp³-hybridized carbons (Fsp3) is 0.909. The third kappa shape index (κ3) is 2.49. The monoisotopic (exact) mass is 212 g/mol. The first-order chi connectivity index (χ1) is 7.09. The molecule has 3 unspecified atom stereocenters. The van der Waals surface area contributed by atoms with Crippen LogP contribution in [-0.4, -0.2) is 37.2 Å². The molecular formula is C11H20N2O2. The van der Waals surface area contributed by atoms with Gasteiger partial charge in [-0.2, -0.15) is 0 Å². The van der Waals surface area contributed by atoms with E-state index in [4.69, 9.17) is 4.74 Å². The Kier molecular flexibility index (Phi) is 2.98. The first-order valence-corrected chi connectivity index (χ1v) is 5.73. The summed E-state index contributed by atoms with van der Waals surface area (Å²) in [6, 6.07) is 0. The Balaban J connectivity index is 1.86. The van der Waals surface area contributed by atoms with Crippen LogP contribution in [0.4, 0.5) is 0 Å². The minimum absolute atomic E-state index is 0.0527. The number of carbonyl (C=O) groups is 1. The maximum Gasteiger partial charge on any atom is 0.226 e. The number of hydrogen-bond donors (Lipinski definition) is 2. The number of amides is 1. The highest BCUT2D eigenvalue weighted by Gasteiger charge is 2.35. The van der Waals surface area contributed by atoms with Gasteiger partial charge in [0.25, 0.3) is 0 Å². The summed E-state index contributed by atoms with van der Waals surface area (Å²) in [5.41, 5.74) is -0.0527. The Hall–Kier alpha value is -0.610. The molecule has 0 radical (unpaired) electrons. The van der Waals surface area contributed by atoms with Gasteiger partial charge in [-0.15, -0.1) is 0 Å². The van der Waals surface area contributed by atoms with Crippen LogP contribution in [0, 0.1) is 5.92 Å². The van der Waals surface area contributed by atoms with E-state index in [1.807, 2.05) is 6.92 Å². The Morgan fingerprint density at radius 1 is 1.60 bits per heavy atom. The van der Waals surface area contributed by atoms with E-state index in [9.17, 15) is 4.79 Å². The normalized spacial score (nSPS) is 40.7. The van der Waals surface area contributed by atoms with Crippen molar-refractivity contribution in [2.24, 2.45) is 5.92 Å². The van der Waals surface area contributed by atoms with E-state index in [0.29, 0.717) is 6.61 Å². The van der Waals surface area contributed by atoms with E-state index in [0.717, 1.165) is 25.9 Å². The molecule has 0 spiro atoms. The molecule has 0 aromatic rings. The number of rotatable bonds is 2. The topological polar surface area (TPSA) is 50.4 Å². The highest BCUT2D eigenvalue weighted by molar-refractivity contribution is 5.79. The van der Waals surface area contributed by atoms with Gasteiger partial charge in [0.1, 0.15) is 0 Å². The van der Waals surface area contributed by atoms with Crippen LogP contribution in [0.25, 0.3) is 0 Å². The lowest BCUT2D eigenvalue weighted by Gasteiger charge is -2.26. The second-order valence-electron chi connectivity index (χ2n) is 5.05. The highest BCUT2D eigenvalue weighted by atomic mass is 16.5. The van der Waals surface area contributed by atoms with E-state index >= 15 is 0 Å². The van der Waals surface area contributed by atoms with Crippen molar-refractivity contribution in [2.75, 3.05) is 19.7 Å². The van der Waals surface area contributed by atoms with Crippen molar-refractivity contribution in [1.82, 2.24) is 10.6 Å². The van der Waals surface area contributed by atoms with Crippen molar-refractivity contribution in [2.45, 2.75) is 38.3 Å². The fourth-order valence-electron chi connectivity index (χ4n) is 2.32. The Morgan fingerprint density at radius 3 is 2.93 bits per heavy atom. The predicted octanol–water partition coefficient (Wildman–Crippen LogP) is 0.280. The van der Waals surface area contributed by atoms with E-state index in [1.54, 1.807) is 0 Å². The average Bonchev–Trinajstić information content (AvgIpc) is 2.75. The average molecular weight is 212 g/mol. The zero-order valence-corrected chi connectivity index (χ0v) is 9.51. The first kappa shape index (κ1) is 10.9. The molecule has 4 nitrogen and oxygen atoms in total. The molecule has 0 bridgehead atoms. The van der Waals surface area contributed by atoms with Gasteiger partial charge in [0.05, 0.1) is 24.2 Å². The minimum Gasteiger partial charge on any atom is -0.378 e. The van der Waals surface area contributed by atoms with E-state index in [2.05, 4.69) is 17.6 Å². The lowest BCUT2D eigenvalue weighted by Crippen LogP contribution is -2.49. The molecule has 0 aromatic heterocycles. The van der Waals surface area contributed by atoms with E-state index in [-0.39, 0.29) is 23.5 Å². The SMILES string of the molecule is CC1CC(C(=O)NC2(C)CCNC2)CO1.